The lowest BCUT2D eigenvalue weighted by molar-refractivity contribution is 0.562. The van der Waals surface area contributed by atoms with Crippen LogP contribution in [-0.4, -0.2) is 34.4 Å². The Kier molecular flexibility index (Phi) is 4.21. The van der Waals surface area contributed by atoms with Gasteiger partial charge in [-0.1, -0.05) is 6.07 Å². The van der Waals surface area contributed by atoms with Crippen LogP contribution < -0.4 is 15.2 Å². The second-order valence-corrected chi connectivity index (χ2v) is 8.35. The van der Waals surface area contributed by atoms with Crippen molar-refractivity contribution in [1.29, 1.82) is 0 Å². The van der Waals surface area contributed by atoms with Gasteiger partial charge in [0.05, 0.1) is 17.2 Å². The number of sulfone groups is 1. The minimum absolute atomic E-state index is 0.0971. The second kappa shape index (κ2) is 5.58. The molecule has 1 aliphatic heterocycles. The van der Waals surface area contributed by atoms with Gasteiger partial charge in [-0.3, -0.25) is 4.72 Å². The van der Waals surface area contributed by atoms with E-state index in [4.69, 9.17) is 5.14 Å². The largest absolute Gasteiger partial charge is 0.381 e. The first kappa shape index (κ1) is 15.1. The summed E-state index contributed by atoms with van der Waals surface area (Å²) in [5.41, 5.74) is 0.983. The Labute approximate surface area is 118 Å². The van der Waals surface area contributed by atoms with Crippen molar-refractivity contribution in [3.8, 4) is 0 Å². The monoisotopic (exact) mass is 319 g/mol. The van der Waals surface area contributed by atoms with E-state index in [1.807, 2.05) is 0 Å². The van der Waals surface area contributed by atoms with Gasteiger partial charge >= 0.3 is 0 Å². The maximum atomic E-state index is 11.6. The Balaban J connectivity index is 2.08. The summed E-state index contributed by atoms with van der Waals surface area (Å²) in [6.07, 6.45) is 1.40. The molecule has 1 saturated heterocycles. The standard InChI is InChI=1S/C11H17N3O4S2/c12-20(17,18)14-10-4-1-3-9(7-10)13-11-5-2-6-19(15,16)8-11/h1,3-4,7,11,13-14H,2,5-6,8H2,(H2,12,17,18). The quantitative estimate of drug-likeness (QED) is 0.737. The van der Waals surface area contributed by atoms with Crippen molar-refractivity contribution in [1.82, 2.24) is 0 Å². The minimum Gasteiger partial charge on any atom is -0.381 e. The lowest BCUT2D eigenvalue weighted by Crippen LogP contribution is -2.34. The van der Waals surface area contributed by atoms with E-state index in [1.165, 1.54) is 0 Å². The lowest BCUT2D eigenvalue weighted by atomic mass is 10.1. The number of benzene rings is 1. The van der Waals surface area contributed by atoms with Crippen LogP contribution in [0.4, 0.5) is 11.4 Å². The van der Waals surface area contributed by atoms with Crippen LogP contribution in [0.25, 0.3) is 0 Å². The van der Waals surface area contributed by atoms with Gasteiger partial charge in [0, 0.05) is 11.7 Å². The predicted octanol–water partition coefficient (Wildman–Crippen LogP) is 0.291. The zero-order valence-electron chi connectivity index (χ0n) is 10.7. The molecule has 1 aromatic rings. The summed E-state index contributed by atoms with van der Waals surface area (Å²) in [7, 11) is -6.80. The zero-order valence-corrected chi connectivity index (χ0v) is 12.4. The van der Waals surface area contributed by atoms with Gasteiger partial charge in [-0.05, 0) is 31.0 Å². The molecular weight excluding hydrogens is 302 g/mol. The van der Waals surface area contributed by atoms with Gasteiger partial charge in [0.1, 0.15) is 0 Å². The summed E-state index contributed by atoms with van der Waals surface area (Å²) < 4.78 is 47.2. The molecule has 0 bridgehead atoms. The number of hydrogen-bond donors (Lipinski definition) is 3. The molecule has 0 amide bonds. The predicted molar refractivity (Wildman–Crippen MR) is 78.5 cm³/mol. The molecule has 2 rings (SSSR count). The Morgan fingerprint density at radius 3 is 2.60 bits per heavy atom. The fourth-order valence-corrected chi connectivity index (χ4v) is 4.30. The molecule has 1 atom stereocenters. The van der Waals surface area contributed by atoms with Crippen molar-refractivity contribution in [3.05, 3.63) is 24.3 Å². The Morgan fingerprint density at radius 2 is 1.95 bits per heavy atom. The van der Waals surface area contributed by atoms with Gasteiger partial charge in [0.15, 0.2) is 9.84 Å². The molecule has 4 N–H and O–H groups in total. The Morgan fingerprint density at radius 1 is 1.25 bits per heavy atom. The van der Waals surface area contributed by atoms with Crippen molar-refractivity contribution < 1.29 is 16.8 Å². The van der Waals surface area contributed by atoms with Crippen LogP contribution in [0, 0.1) is 0 Å². The van der Waals surface area contributed by atoms with E-state index in [1.54, 1.807) is 24.3 Å². The molecular formula is C11H17N3O4S2. The van der Waals surface area contributed by atoms with Gasteiger partial charge in [-0.25, -0.2) is 13.6 Å². The third-order valence-corrected chi connectivity index (χ3v) is 5.30. The highest BCUT2D eigenvalue weighted by molar-refractivity contribution is 7.91. The van der Waals surface area contributed by atoms with Gasteiger partial charge in [0.2, 0.25) is 0 Å². The fourth-order valence-electron chi connectivity index (χ4n) is 2.21. The summed E-state index contributed by atoms with van der Waals surface area (Å²) >= 11 is 0. The molecule has 9 heteroatoms. The summed E-state index contributed by atoms with van der Waals surface area (Å²) in [6, 6.07) is 6.39. The molecule has 0 aliphatic carbocycles. The summed E-state index contributed by atoms with van der Waals surface area (Å²) in [5, 5.41) is 8.01. The van der Waals surface area contributed by atoms with E-state index < -0.39 is 20.0 Å². The summed E-state index contributed by atoms with van der Waals surface area (Å²) in [4.78, 5) is 0. The maximum Gasteiger partial charge on any atom is 0.296 e. The number of nitrogens with two attached hydrogens (primary N) is 1. The molecule has 7 nitrogen and oxygen atoms in total. The molecule has 0 aromatic heterocycles. The van der Waals surface area contributed by atoms with E-state index in [0.717, 1.165) is 6.42 Å². The highest BCUT2D eigenvalue weighted by Crippen LogP contribution is 2.20. The molecule has 20 heavy (non-hydrogen) atoms. The smallest absolute Gasteiger partial charge is 0.296 e. The van der Waals surface area contributed by atoms with Gasteiger partial charge < -0.3 is 5.32 Å². The maximum absolute atomic E-state index is 11.6. The topological polar surface area (TPSA) is 118 Å². The summed E-state index contributed by atoms with van der Waals surface area (Å²) in [6.45, 7) is 0. The van der Waals surface area contributed by atoms with Gasteiger partial charge in [-0.15, -0.1) is 0 Å². The van der Waals surface area contributed by atoms with Crippen LogP contribution in [-0.2, 0) is 20.0 Å². The fraction of sp³-hybridized carbons (Fsp3) is 0.455. The first-order valence-electron chi connectivity index (χ1n) is 6.11. The van der Waals surface area contributed by atoms with Crippen LogP contribution in [0.3, 0.4) is 0 Å². The highest BCUT2D eigenvalue weighted by Gasteiger charge is 2.24. The van der Waals surface area contributed by atoms with E-state index in [0.29, 0.717) is 17.8 Å². The Hall–Kier alpha value is -1.32. The van der Waals surface area contributed by atoms with Crippen LogP contribution in [0.5, 0.6) is 0 Å². The molecule has 0 spiro atoms. The van der Waals surface area contributed by atoms with E-state index in [2.05, 4.69) is 10.0 Å². The minimum atomic E-state index is -3.82. The van der Waals surface area contributed by atoms with Crippen LogP contribution >= 0.6 is 0 Å². The number of hydrogen-bond acceptors (Lipinski definition) is 5. The van der Waals surface area contributed by atoms with Crippen molar-refractivity contribution in [3.63, 3.8) is 0 Å². The SMILES string of the molecule is NS(=O)(=O)Nc1cccc(NC2CCCS(=O)(=O)C2)c1. The van der Waals surface area contributed by atoms with Gasteiger partial charge in [0.25, 0.3) is 10.2 Å². The van der Waals surface area contributed by atoms with E-state index in [9.17, 15) is 16.8 Å². The normalized spacial score (nSPS) is 22.1. The average molecular weight is 319 g/mol. The molecule has 0 radical (unpaired) electrons. The number of rotatable bonds is 4. The molecule has 0 saturated carbocycles. The first-order valence-corrected chi connectivity index (χ1v) is 9.48. The van der Waals surface area contributed by atoms with Gasteiger partial charge in [-0.2, -0.15) is 8.42 Å². The van der Waals surface area contributed by atoms with Crippen LogP contribution in [0.15, 0.2) is 24.3 Å². The van der Waals surface area contributed by atoms with Crippen molar-refractivity contribution in [2.75, 3.05) is 21.5 Å². The summed E-state index contributed by atoms with van der Waals surface area (Å²) in [5.74, 6) is 0.331. The van der Waals surface area contributed by atoms with Crippen LogP contribution in [0.2, 0.25) is 0 Å². The van der Waals surface area contributed by atoms with Crippen molar-refractivity contribution in [2.45, 2.75) is 18.9 Å². The molecule has 112 valence electrons. The number of nitrogens with one attached hydrogen (secondary N) is 2. The highest BCUT2D eigenvalue weighted by atomic mass is 32.2. The zero-order chi connectivity index (χ0) is 14.8. The Bertz CT molecular complexity index is 685. The molecule has 1 aliphatic rings. The third kappa shape index (κ3) is 4.66. The van der Waals surface area contributed by atoms with Crippen molar-refractivity contribution >= 4 is 31.4 Å². The lowest BCUT2D eigenvalue weighted by Gasteiger charge is -2.24. The molecule has 1 heterocycles. The average Bonchev–Trinajstić information content (AvgIpc) is 2.25. The molecule has 1 fully saturated rings. The van der Waals surface area contributed by atoms with E-state index in [-0.39, 0.29) is 17.5 Å². The van der Waals surface area contributed by atoms with Crippen LogP contribution in [0.1, 0.15) is 12.8 Å². The molecule has 1 aromatic carbocycles. The van der Waals surface area contributed by atoms with Crippen molar-refractivity contribution in [2.24, 2.45) is 5.14 Å². The third-order valence-electron chi connectivity index (χ3n) is 2.96. The molecule has 1 unspecified atom stereocenters. The first-order chi connectivity index (χ1) is 9.23. The number of anilines is 2. The second-order valence-electron chi connectivity index (χ2n) is 4.83. The van der Waals surface area contributed by atoms with E-state index >= 15 is 0 Å².